The Bertz CT molecular complexity index is 223. The van der Waals surface area contributed by atoms with Crippen LogP contribution in [0, 0.1) is 0 Å². The predicted octanol–water partition coefficient (Wildman–Crippen LogP) is 1.91. The molecule has 2 aliphatic heterocycles. The third-order valence-electron chi connectivity index (χ3n) is 3.34. The summed E-state index contributed by atoms with van der Waals surface area (Å²) in [5.74, 6) is 0. The molecular weight excluding hydrogens is 242 g/mol. The molecule has 0 unspecified atom stereocenters. The molecule has 2 fully saturated rings. The number of hydrogen-bond donors (Lipinski definition) is 1. The van der Waals surface area contributed by atoms with Crippen LogP contribution in [0.4, 0.5) is 4.79 Å². The fourth-order valence-electron chi connectivity index (χ4n) is 2.39. The fraction of sp³-hybridized carbons (Fsp3) is 0.929. The second kappa shape index (κ2) is 11.1. The molecule has 0 aromatic heterocycles. The van der Waals surface area contributed by atoms with Gasteiger partial charge in [0.1, 0.15) is 0 Å². The molecule has 114 valence electrons. The molecule has 0 radical (unpaired) electrons. The van der Waals surface area contributed by atoms with Crippen LogP contribution in [-0.2, 0) is 4.74 Å². The minimum Gasteiger partial charge on any atom is -0.379 e. The van der Waals surface area contributed by atoms with Crippen molar-refractivity contribution in [2.45, 2.75) is 46.6 Å². The van der Waals surface area contributed by atoms with Crippen molar-refractivity contribution in [2.24, 2.45) is 5.73 Å². The van der Waals surface area contributed by atoms with Crippen molar-refractivity contribution in [1.82, 2.24) is 9.80 Å². The van der Waals surface area contributed by atoms with E-state index in [9.17, 15) is 4.79 Å². The fourth-order valence-corrected chi connectivity index (χ4v) is 2.39. The van der Waals surface area contributed by atoms with Crippen LogP contribution in [0.2, 0.25) is 0 Å². The van der Waals surface area contributed by atoms with Crippen molar-refractivity contribution < 1.29 is 9.53 Å². The Morgan fingerprint density at radius 3 is 1.89 bits per heavy atom. The summed E-state index contributed by atoms with van der Waals surface area (Å²) in [6.45, 7) is 13.4. The van der Waals surface area contributed by atoms with Crippen molar-refractivity contribution in [3.8, 4) is 0 Å². The van der Waals surface area contributed by atoms with E-state index in [4.69, 9.17) is 10.5 Å². The SMILES string of the molecule is CC.CC.NC(=O)N1CCC(N2CCOCC2)CC1. The highest BCUT2D eigenvalue weighted by Crippen LogP contribution is 2.17. The molecule has 0 saturated carbocycles. The molecule has 2 heterocycles. The van der Waals surface area contributed by atoms with Gasteiger partial charge in [-0.15, -0.1) is 0 Å². The van der Waals surface area contributed by atoms with Gasteiger partial charge >= 0.3 is 6.03 Å². The minimum absolute atomic E-state index is 0.282. The number of ether oxygens (including phenoxy) is 1. The second-order valence-electron chi connectivity index (χ2n) is 4.20. The molecular formula is C14H31N3O2. The Labute approximate surface area is 118 Å². The van der Waals surface area contributed by atoms with E-state index in [0.717, 1.165) is 52.2 Å². The maximum absolute atomic E-state index is 11.0. The summed E-state index contributed by atoms with van der Waals surface area (Å²) in [7, 11) is 0. The van der Waals surface area contributed by atoms with Crippen LogP contribution in [-0.4, -0.2) is 61.3 Å². The van der Waals surface area contributed by atoms with Crippen LogP contribution in [0.15, 0.2) is 0 Å². The summed E-state index contributed by atoms with van der Waals surface area (Å²) >= 11 is 0. The number of rotatable bonds is 1. The highest BCUT2D eigenvalue weighted by atomic mass is 16.5. The van der Waals surface area contributed by atoms with Gasteiger partial charge in [0.15, 0.2) is 0 Å². The van der Waals surface area contributed by atoms with Crippen LogP contribution in [0.1, 0.15) is 40.5 Å². The maximum Gasteiger partial charge on any atom is 0.314 e. The number of morpholine rings is 1. The Balaban J connectivity index is 0.000000741. The number of hydrogen-bond acceptors (Lipinski definition) is 3. The summed E-state index contributed by atoms with van der Waals surface area (Å²) in [4.78, 5) is 15.2. The van der Waals surface area contributed by atoms with Crippen LogP contribution in [0.3, 0.4) is 0 Å². The minimum atomic E-state index is -0.282. The number of carbonyl (C=O) groups excluding carboxylic acids is 1. The quantitative estimate of drug-likeness (QED) is 0.794. The standard InChI is InChI=1S/C10H19N3O2.2C2H6/c11-10(14)13-3-1-9(2-4-13)12-5-7-15-8-6-12;2*1-2/h9H,1-8H2,(H2,11,14);2*1-2H3. The average molecular weight is 273 g/mol. The van der Waals surface area contributed by atoms with E-state index in [-0.39, 0.29) is 6.03 Å². The molecule has 0 spiro atoms. The van der Waals surface area contributed by atoms with Crippen LogP contribution >= 0.6 is 0 Å². The van der Waals surface area contributed by atoms with E-state index in [1.807, 2.05) is 27.7 Å². The summed E-state index contributed by atoms with van der Waals surface area (Å²) in [5.41, 5.74) is 5.24. The lowest BCUT2D eigenvalue weighted by Crippen LogP contribution is -2.51. The van der Waals surface area contributed by atoms with Gasteiger partial charge < -0.3 is 15.4 Å². The summed E-state index contributed by atoms with van der Waals surface area (Å²) in [6.07, 6.45) is 2.09. The number of amides is 2. The van der Waals surface area contributed by atoms with Gasteiger partial charge in [-0.3, -0.25) is 4.90 Å². The third-order valence-corrected chi connectivity index (χ3v) is 3.34. The van der Waals surface area contributed by atoms with Gasteiger partial charge in [0.05, 0.1) is 13.2 Å². The zero-order valence-electron chi connectivity index (χ0n) is 13.0. The molecule has 0 aliphatic carbocycles. The maximum atomic E-state index is 11.0. The number of primary amides is 1. The molecule has 5 heteroatoms. The van der Waals surface area contributed by atoms with Gasteiger partial charge in [-0.25, -0.2) is 4.79 Å². The van der Waals surface area contributed by atoms with Crippen molar-refractivity contribution >= 4 is 6.03 Å². The van der Waals surface area contributed by atoms with Gasteiger partial charge in [-0.1, -0.05) is 27.7 Å². The molecule has 2 N–H and O–H groups in total. The first kappa shape index (κ1) is 18.2. The number of likely N-dealkylation sites (tertiary alicyclic amines) is 1. The molecule has 5 nitrogen and oxygen atoms in total. The highest BCUT2D eigenvalue weighted by molar-refractivity contribution is 5.72. The number of urea groups is 1. The first-order chi connectivity index (χ1) is 9.27. The van der Waals surface area contributed by atoms with Crippen LogP contribution in [0.5, 0.6) is 0 Å². The molecule has 0 atom stereocenters. The van der Waals surface area contributed by atoms with E-state index in [1.165, 1.54) is 0 Å². The van der Waals surface area contributed by atoms with E-state index < -0.39 is 0 Å². The van der Waals surface area contributed by atoms with Crippen molar-refractivity contribution in [3.63, 3.8) is 0 Å². The lowest BCUT2D eigenvalue weighted by Gasteiger charge is -2.39. The predicted molar refractivity (Wildman–Crippen MR) is 79.3 cm³/mol. The summed E-state index contributed by atoms with van der Waals surface area (Å²) < 4.78 is 5.32. The molecule has 2 saturated heterocycles. The number of nitrogens with two attached hydrogens (primary N) is 1. The molecule has 2 amide bonds. The zero-order valence-corrected chi connectivity index (χ0v) is 13.0. The van der Waals surface area contributed by atoms with E-state index >= 15 is 0 Å². The van der Waals surface area contributed by atoms with Crippen LogP contribution < -0.4 is 5.73 Å². The van der Waals surface area contributed by atoms with Crippen LogP contribution in [0.25, 0.3) is 0 Å². The molecule has 2 rings (SSSR count). The van der Waals surface area contributed by atoms with Gasteiger partial charge in [0, 0.05) is 32.2 Å². The first-order valence-electron chi connectivity index (χ1n) is 7.63. The molecule has 2 aliphatic rings. The largest absolute Gasteiger partial charge is 0.379 e. The highest BCUT2D eigenvalue weighted by Gasteiger charge is 2.26. The Morgan fingerprint density at radius 1 is 1.00 bits per heavy atom. The summed E-state index contributed by atoms with van der Waals surface area (Å²) in [6, 6.07) is 0.333. The first-order valence-corrected chi connectivity index (χ1v) is 7.63. The molecule has 0 aromatic carbocycles. The van der Waals surface area contributed by atoms with E-state index in [2.05, 4.69) is 4.90 Å². The lowest BCUT2D eigenvalue weighted by atomic mass is 10.0. The van der Waals surface area contributed by atoms with E-state index in [0.29, 0.717) is 6.04 Å². The van der Waals surface area contributed by atoms with Gasteiger partial charge in [0.25, 0.3) is 0 Å². The van der Waals surface area contributed by atoms with Crippen molar-refractivity contribution in [1.29, 1.82) is 0 Å². The molecule has 0 bridgehead atoms. The smallest absolute Gasteiger partial charge is 0.314 e. The zero-order chi connectivity index (χ0) is 14.7. The molecule has 19 heavy (non-hydrogen) atoms. The lowest BCUT2D eigenvalue weighted by molar-refractivity contribution is 0.00407. The van der Waals surface area contributed by atoms with Gasteiger partial charge in [0.2, 0.25) is 0 Å². The number of carbonyl (C=O) groups is 1. The Kier molecular flexibility index (Phi) is 10.6. The number of nitrogens with zero attached hydrogens (tertiary/aromatic N) is 2. The third kappa shape index (κ3) is 6.25. The topological polar surface area (TPSA) is 58.8 Å². The number of piperidine rings is 1. The average Bonchev–Trinajstić information content (AvgIpc) is 2.52. The van der Waals surface area contributed by atoms with E-state index in [1.54, 1.807) is 4.90 Å². The summed E-state index contributed by atoms with van der Waals surface area (Å²) in [5, 5.41) is 0. The Morgan fingerprint density at radius 2 is 1.47 bits per heavy atom. The molecule has 0 aromatic rings. The van der Waals surface area contributed by atoms with Crippen molar-refractivity contribution in [2.75, 3.05) is 39.4 Å². The monoisotopic (exact) mass is 273 g/mol. The van der Waals surface area contributed by atoms with Gasteiger partial charge in [-0.2, -0.15) is 0 Å². The second-order valence-corrected chi connectivity index (χ2v) is 4.20. The Hall–Kier alpha value is -0.810. The van der Waals surface area contributed by atoms with Crippen molar-refractivity contribution in [3.05, 3.63) is 0 Å². The van der Waals surface area contributed by atoms with Gasteiger partial charge in [-0.05, 0) is 12.8 Å². The normalized spacial score (nSPS) is 20.7.